The number of hydrogen-bond donors (Lipinski definition) is 4. The summed E-state index contributed by atoms with van der Waals surface area (Å²) in [5.41, 5.74) is -5.63. The van der Waals surface area contributed by atoms with Crippen LogP contribution in [0.15, 0.2) is 127 Å². The van der Waals surface area contributed by atoms with E-state index in [0.29, 0.717) is 98.3 Å². The standard InChI is InChI=1S/C31H36F6O5.C29H36F6O4.C29H34F6O3/c1-6-28(7-2,24-10-12-26(21(4)17-24)40-18-25-11-13-27(38)42-25)23-9-8-22(20(3)16-23)14-15-29(30(32,33)34,31(35,36)37)41-19-39-5;1-5-26(6-2,23-11-12-25(20(4)17-23)39-18-24(37)8-7-15-36)22-10-9-21(19(3)16-22)13-14-27(38,28(30,31)32)29(33,34)35;1-5-26(6-2,23-11-12-25(20(4)17-23)38-18-24-8-7-15-37-24)22-10-9-21(19(3)16-22)13-14-27(36,28(30,31)32)29(33,34)35/h8-10,12,14-17,25H,6-7,11,13,18-19H2,1-5H3;9-14,16-17,24,36-38H,5-8,15,18H2,1-4H3;9-14,16-17,24,36H,5-8,15,18H2,1-4H3/b15-14+;2*14-13+/t25-;2*24-/m000/s1. The van der Waals surface area contributed by atoms with E-state index in [1.54, 1.807) is 57.2 Å². The first kappa shape index (κ1) is 99.7. The van der Waals surface area contributed by atoms with Gasteiger partial charge in [-0.25, -0.2) is 0 Å². The molecule has 2 aliphatic heterocycles. The number of halogens is 18. The largest absolute Gasteiger partial charge is 0.491 e. The molecule has 30 heteroatoms. The Labute approximate surface area is 682 Å². The second-order valence-corrected chi connectivity index (χ2v) is 30.1. The number of alkyl halides is 18. The SMILES string of the molecule is CCC(CC)(c1ccc(/C=C/C(O)(C(F)(F)F)C(F)(F)F)c(C)c1)c1ccc(OC[C@@H](O)CCCO)c(C)c1.CCC(CC)(c1ccc(/C=C/C(O)(C(F)(F)F)C(F)(F)F)c(C)c1)c1ccc(OC[C@@H]2CCCO2)c(C)c1.CCC(CC)(c1ccc(/C=C/C(OCOC)(C(F)(F)F)C(F)(F)F)c(C)c1)c1ccc(OC[C@@H]2CCC(=O)O2)c(C)c1. The average molecular weight is 1710 g/mol. The highest BCUT2D eigenvalue weighted by Crippen LogP contribution is 2.51. The molecule has 6 aromatic rings. The molecule has 8 rings (SSSR count). The van der Waals surface area contributed by atoms with Gasteiger partial charge in [0.25, 0.3) is 16.8 Å². The molecule has 119 heavy (non-hydrogen) atoms. The Morgan fingerprint density at radius 3 is 1.05 bits per heavy atom. The van der Waals surface area contributed by atoms with Gasteiger partial charge in [-0.05, 0) is 232 Å². The van der Waals surface area contributed by atoms with Crippen LogP contribution in [-0.4, -0.2) is 146 Å². The zero-order valence-corrected chi connectivity index (χ0v) is 68.7. The third-order valence-electron chi connectivity index (χ3n) is 22.7. The van der Waals surface area contributed by atoms with Gasteiger partial charge >= 0.3 is 43.0 Å². The van der Waals surface area contributed by atoms with E-state index < -0.39 is 83.0 Å². The molecule has 2 heterocycles. The first-order valence-electron chi connectivity index (χ1n) is 39.1. The molecule has 660 valence electrons. The van der Waals surface area contributed by atoms with Crippen LogP contribution in [0.3, 0.4) is 0 Å². The van der Waals surface area contributed by atoms with Gasteiger partial charge in [0.1, 0.15) is 50.0 Å². The minimum atomic E-state index is -5.93. The highest BCUT2D eigenvalue weighted by molar-refractivity contribution is 5.71. The summed E-state index contributed by atoms with van der Waals surface area (Å²) >= 11 is 0. The second kappa shape index (κ2) is 40.7. The number of benzene rings is 6. The number of aliphatic hydroxyl groups is 4. The number of esters is 1. The molecular weight excluding hydrogens is 1600 g/mol. The number of carbonyl (C=O) groups excluding carboxylic acids is 1. The maximum Gasteiger partial charge on any atom is 0.430 e. The minimum Gasteiger partial charge on any atom is -0.491 e. The molecule has 12 nitrogen and oxygen atoms in total. The van der Waals surface area contributed by atoms with Crippen molar-refractivity contribution < 1.29 is 137 Å². The molecular formula is C89H106F18O12. The van der Waals surface area contributed by atoms with Crippen LogP contribution in [0.25, 0.3) is 18.2 Å². The fraction of sp³-hybridized carbons (Fsp3) is 0.517. The van der Waals surface area contributed by atoms with Gasteiger partial charge in [-0.1, -0.05) is 151 Å². The maximum absolute atomic E-state index is 13.7. The van der Waals surface area contributed by atoms with Gasteiger partial charge < -0.3 is 53.6 Å². The Morgan fingerprint density at radius 1 is 0.445 bits per heavy atom. The van der Waals surface area contributed by atoms with Crippen molar-refractivity contribution in [3.63, 3.8) is 0 Å². The summed E-state index contributed by atoms with van der Waals surface area (Å²) in [4.78, 5) is 11.3. The zero-order valence-electron chi connectivity index (χ0n) is 68.7. The van der Waals surface area contributed by atoms with Crippen LogP contribution < -0.4 is 14.2 Å². The Morgan fingerprint density at radius 2 is 0.773 bits per heavy atom. The van der Waals surface area contributed by atoms with E-state index >= 15 is 0 Å². The summed E-state index contributed by atoms with van der Waals surface area (Å²) in [7, 11) is 0.939. The van der Waals surface area contributed by atoms with Crippen molar-refractivity contribution in [1.82, 2.24) is 0 Å². The van der Waals surface area contributed by atoms with Crippen LogP contribution in [0.5, 0.6) is 17.2 Å². The van der Waals surface area contributed by atoms with Gasteiger partial charge in [0.05, 0.1) is 12.2 Å². The van der Waals surface area contributed by atoms with E-state index in [1.807, 2.05) is 111 Å². The molecule has 0 unspecified atom stereocenters. The minimum absolute atomic E-state index is 0.00444. The number of rotatable bonds is 33. The van der Waals surface area contributed by atoms with Crippen molar-refractivity contribution in [1.29, 1.82) is 0 Å². The fourth-order valence-corrected chi connectivity index (χ4v) is 15.0. The van der Waals surface area contributed by atoms with Gasteiger partial charge in [-0.3, -0.25) is 4.79 Å². The number of hydrogen-bond acceptors (Lipinski definition) is 12. The molecule has 2 saturated heterocycles. The summed E-state index contributed by atoms with van der Waals surface area (Å²) in [6.07, 6.45) is -26.5. The summed E-state index contributed by atoms with van der Waals surface area (Å²) in [5.74, 6) is 1.79. The molecule has 2 fully saturated rings. The number of carbonyl (C=O) groups is 1. The van der Waals surface area contributed by atoms with E-state index in [9.17, 15) is 99.1 Å². The number of ether oxygens (including phenoxy) is 7. The maximum atomic E-state index is 13.7. The molecule has 2 aliphatic rings. The lowest BCUT2D eigenvalue weighted by molar-refractivity contribution is -0.372. The van der Waals surface area contributed by atoms with Crippen LogP contribution in [0.1, 0.15) is 202 Å². The Balaban J connectivity index is 0.000000277. The van der Waals surface area contributed by atoms with Crippen molar-refractivity contribution in [3.05, 3.63) is 211 Å². The molecule has 3 atom stereocenters. The van der Waals surface area contributed by atoms with Crippen LogP contribution >= 0.6 is 0 Å². The molecule has 4 N–H and O–H groups in total. The number of aliphatic hydroxyl groups excluding tert-OH is 2. The van der Waals surface area contributed by atoms with Gasteiger partial charge in [0.2, 0.25) is 0 Å². The van der Waals surface area contributed by atoms with Crippen molar-refractivity contribution in [2.75, 3.05) is 46.9 Å². The molecule has 0 amide bonds. The van der Waals surface area contributed by atoms with Crippen LogP contribution in [-0.2, 0) is 40.0 Å². The predicted molar refractivity (Wildman–Crippen MR) is 417 cm³/mol. The highest BCUT2D eigenvalue weighted by Gasteiger charge is 2.72. The Kier molecular flexibility index (Phi) is 34.1. The highest BCUT2D eigenvalue weighted by atomic mass is 19.4. The lowest BCUT2D eigenvalue weighted by Crippen LogP contribution is -2.57. The van der Waals surface area contributed by atoms with Crippen molar-refractivity contribution in [2.24, 2.45) is 0 Å². The van der Waals surface area contributed by atoms with E-state index in [0.717, 1.165) is 101 Å². The van der Waals surface area contributed by atoms with Crippen LogP contribution in [0.4, 0.5) is 79.0 Å². The quantitative estimate of drug-likeness (QED) is 0.0176. The Bertz CT molecular complexity index is 4340. The van der Waals surface area contributed by atoms with Crippen molar-refractivity contribution >= 4 is 24.2 Å². The summed E-state index contributed by atoms with van der Waals surface area (Å²) < 4.78 is 276. The predicted octanol–water partition coefficient (Wildman–Crippen LogP) is 22.6. The number of cyclic esters (lactones) is 1. The first-order valence-corrected chi connectivity index (χ1v) is 39.1. The zero-order chi connectivity index (χ0) is 89.3. The van der Waals surface area contributed by atoms with E-state index in [4.69, 9.17) is 28.8 Å². The lowest BCUT2D eigenvalue weighted by Gasteiger charge is -2.35. The van der Waals surface area contributed by atoms with Crippen molar-refractivity contribution in [2.45, 2.75) is 249 Å². The molecule has 0 bridgehead atoms. The summed E-state index contributed by atoms with van der Waals surface area (Å²) in [6.45, 7) is 23.1. The normalized spacial score (nSPS) is 16.1. The van der Waals surface area contributed by atoms with E-state index in [1.165, 1.54) is 18.2 Å². The smallest absolute Gasteiger partial charge is 0.430 e. The average Bonchev–Trinajstić information content (AvgIpc) is 0.854. The molecule has 0 saturated carbocycles. The van der Waals surface area contributed by atoms with Crippen molar-refractivity contribution in [3.8, 4) is 17.2 Å². The monoisotopic (exact) mass is 1710 g/mol. The Hall–Kier alpha value is -8.13. The molecule has 6 aromatic carbocycles. The third-order valence-corrected chi connectivity index (χ3v) is 22.7. The fourth-order valence-electron chi connectivity index (χ4n) is 15.0. The lowest BCUT2D eigenvalue weighted by atomic mass is 9.70. The van der Waals surface area contributed by atoms with E-state index in [-0.39, 0.29) is 72.9 Å². The first-order chi connectivity index (χ1) is 55.4. The summed E-state index contributed by atoms with van der Waals surface area (Å²) in [6, 6.07) is 32.4. The van der Waals surface area contributed by atoms with Crippen LogP contribution in [0, 0.1) is 41.5 Å². The van der Waals surface area contributed by atoms with Gasteiger partial charge in [-0.2, -0.15) is 79.0 Å². The molecule has 0 radical (unpaired) electrons. The third kappa shape index (κ3) is 23.0. The number of methoxy groups -OCH3 is 1. The topological polar surface area (TPSA) is 163 Å². The summed E-state index contributed by atoms with van der Waals surface area (Å²) in [5, 5.41) is 37.7. The van der Waals surface area contributed by atoms with Gasteiger partial charge in [0.15, 0.2) is 0 Å². The van der Waals surface area contributed by atoms with Gasteiger partial charge in [0, 0.05) is 43.0 Å². The molecule has 0 spiro atoms. The van der Waals surface area contributed by atoms with E-state index in [2.05, 4.69) is 15.5 Å². The molecule has 0 aliphatic carbocycles. The number of aryl methyl sites for hydroxylation is 6. The second-order valence-electron chi connectivity index (χ2n) is 30.1. The molecule has 0 aromatic heterocycles. The van der Waals surface area contributed by atoms with Gasteiger partial charge in [-0.15, -0.1) is 0 Å². The van der Waals surface area contributed by atoms with Crippen LogP contribution in [0.2, 0.25) is 0 Å².